The number of ether oxygens (including phenoxy) is 2. The Labute approximate surface area is 166 Å². The van der Waals surface area contributed by atoms with E-state index in [2.05, 4.69) is 69.9 Å². The Hall–Kier alpha value is -1.70. The van der Waals surface area contributed by atoms with Gasteiger partial charge in [0.05, 0.1) is 0 Å². The summed E-state index contributed by atoms with van der Waals surface area (Å²) in [5.74, 6) is 0.956. The molecule has 146 valence electrons. The van der Waals surface area contributed by atoms with Crippen molar-refractivity contribution in [1.29, 1.82) is 0 Å². The molecule has 0 radical (unpaired) electrons. The molecule has 0 aliphatic rings. The van der Waals surface area contributed by atoms with Crippen LogP contribution in [0.4, 0.5) is 0 Å². The fourth-order valence-corrected chi connectivity index (χ4v) is 4.90. The van der Waals surface area contributed by atoms with Gasteiger partial charge < -0.3 is 9.47 Å². The third-order valence-electron chi connectivity index (χ3n) is 4.93. The van der Waals surface area contributed by atoms with Gasteiger partial charge in [-0.3, -0.25) is 4.99 Å². The van der Waals surface area contributed by atoms with E-state index in [9.17, 15) is 0 Å². The Morgan fingerprint density at radius 2 is 1.85 bits per heavy atom. The molecule has 0 fully saturated rings. The molecule has 27 heavy (non-hydrogen) atoms. The molecule has 0 spiro atoms. The Morgan fingerprint density at radius 3 is 2.48 bits per heavy atom. The maximum absolute atomic E-state index is 6.01. The van der Waals surface area contributed by atoms with Crippen LogP contribution in [0.25, 0.3) is 0 Å². The van der Waals surface area contributed by atoms with E-state index in [-0.39, 0.29) is 11.9 Å². The summed E-state index contributed by atoms with van der Waals surface area (Å²) in [7, 11) is 4.10. The predicted octanol–water partition coefficient (Wildman–Crippen LogP) is 5.27. The average molecular weight is 385 g/mol. The number of aliphatic imine (C=N–C) groups is 1. The molecule has 2 unspecified atom stereocenters. The first-order valence-electron chi connectivity index (χ1n) is 9.39. The van der Waals surface area contributed by atoms with E-state index in [1.54, 1.807) is 7.11 Å². The molecule has 2 atom stereocenters. The third-order valence-corrected chi connectivity index (χ3v) is 6.83. The third kappa shape index (κ3) is 5.18. The summed E-state index contributed by atoms with van der Waals surface area (Å²) >= 11 is 0. The zero-order valence-corrected chi connectivity index (χ0v) is 18.6. The zero-order chi connectivity index (χ0) is 20.0. The van der Waals surface area contributed by atoms with Crippen molar-refractivity contribution in [1.82, 2.24) is 0 Å². The van der Waals surface area contributed by atoms with Gasteiger partial charge in [0, 0.05) is 31.1 Å². The lowest BCUT2D eigenvalue weighted by molar-refractivity contribution is 0.0495. The number of rotatable bonds is 8. The van der Waals surface area contributed by atoms with Crippen molar-refractivity contribution in [3.63, 3.8) is 0 Å². The van der Waals surface area contributed by atoms with Crippen molar-refractivity contribution >= 4 is 20.1 Å². The van der Waals surface area contributed by atoms with Gasteiger partial charge in [-0.15, -0.1) is 0 Å². The van der Waals surface area contributed by atoms with Crippen molar-refractivity contribution in [3.05, 3.63) is 58.1 Å². The van der Waals surface area contributed by atoms with Crippen LogP contribution in [0.1, 0.15) is 48.1 Å². The van der Waals surface area contributed by atoms with Crippen LogP contribution in [-0.2, 0) is 9.89 Å². The van der Waals surface area contributed by atoms with Crippen molar-refractivity contribution in [2.75, 3.05) is 21.0 Å². The van der Waals surface area contributed by atoms with Crippen molar-refractivity contribution < 1.29 is 9.47 Å². The normalized spacial score (nSPS) is 14.2. The van der Waals surface area contributed by atoms with Gasteiger partial charge in [0.1, 0.15) is 5.75 Å². The Bertz CT molecular complexity index is 816. The first-order chi connectivity index (χ1) is 12.8. The Balaban J connectivity index is 2.55. The molecule has 0 aliphatic carbocycles. The number of benzene rings is 2. The highest BCUT2D eigenvalue weighted by molar-refractivity contribution is 7.48. The van der Waals surface area contributed by atoms with Crippen LogP contribution in [0.2, 0.25) is 0 Å². The van der Waals surface area contributed by atoms with E-state index in [1.165, 1.54) is 27.6 Å². The van der Waals surface area contributed by atoms with Crippen LogP contribution in [0.15, 0.2) is 35.3 Å². The smallest absolute Gasteiger partial charge is 0.188 e. The average Bonchev–Trinajstić information content (AvgIpc) is 2.63. The van der Waals surface area contributed by atoms with Crippen molar-refractivity contribution in [2.45, 2.75) is 46.2 Å². The van der Waals surface area contributed by atoms with Gasteiger partial charge >= 0.3 is 0 Å². The summed E-state index contributed by atoms with van der Waals surface area (Å²) in [5.41, 5.74) is 6.14. The molecule has 3 nitrogen and oxygen atoms in total. The van der Waals surface area contributed by atoms with Crippen LogP contribution >= 0.6 is 8.58 Å². The quantitative estimate of drug-likeness (QED) is 0.352. The van der Waals surface area contributed by atoms with Gasteiger partial charge in [-0.2, -0.15) is 0 Å². The second-order valence-corrected chi connectivity index (χ2v) is 9.19. The molecule has 2 aromatic rings. The minimum Gasteiger partial charge on any atom is -0.467 e. The molecule has 0 bridgehead atoms. The van der Waals surface area contributed by atoms with E-state index in [1.807, 2.05) is 13.3 Å². The first kappa shape index (κ1) is 21.6. The number of hydrogen-bond donors (Lipinski definition) is 0. The second kappa shape index (κ2) is 9.48. The number of hydrogen-bond acceptors (Lipinski definition) is 3. The van der Waals surface area contributed by atoms with Crippen LogP contribution in [0.5, 0.6) is 5.75 Å². The Kier molecular flexibility index (Phi) is 7.59. The van der Waals surface area contributed by atoms with Crippen molar-refractivity contribution in [2.24, 2.45) is 4.99 Å². The van der Waals surface area contributed by atoms with E-state index in [4.69, 9.17) is 9.47 Å². The summed E-state index contributed by atoms with van der Waals surface area (Å²) in [6, 6.07) is 11.1. The van der Waals surface area contributed by atoms with E-state index in [0.717, 1.165) is 17.7 Å². The van der Waals surface area contributed by atoms with Crippen molar-refractivity contribution in [3.8, 4) is 5.75 Å². The van der Waals surface area contributed by atoms with E-state index in [0.29, 0.717) is 8.58 Å². The molecule has 0 heterocycles. The topological polar surface area (TPSA) is 30.8 Å². The van der Waals surface area contributed by atoms with Gasteiger partial charge in [-0.05, 0) is 49.7 Å². The number of nitrogens with zero attached hydrogens (tertiary/aromatic N) is 1. The maximum Gasteiger partial charge on any atom is 0.188 e. The summed E-state index contributed by atoms with van der Waals surface area (Å²) in [6.45, 7) is 11.2. The largest absolute Gasteiger partial charge is 0.467 e. The highest BCUT2D eigenvalue weighted by Gasteiger charge is 2.30. The SMILES string of the molecule is CCC(C)(Pc1ccc(C)cc1C=NC)c1cc(C)cc(C)c1OCOC. The highest BCUT2D eigenvalue weighted by atomic mass is 31.1. The zero-order valence-electron chi connectivity index (χ0n) is 17.6. The lowest BCUT2D eigenvalue weighted by Crippen LogP contribution is -2.22. The summed E-state index contributed by atoms with van der Waals surface area (Å²) < 4.78 is 11.2. The van der Waals surface area contributed by atoms with Gasteiger partial charge in [-0.25, -0.2) is 0 Å². The molecule has 0 saturated carbocycles. The van der Waals surface area contributed by atoms with Crippen LogP contribution in [-0.4, -0.2) is 27.2 Å². The number of aryl methyl sites for hydroxylation is 3. The Morgan fingerprint density at radius 1 is 1.11 bits per heavy atom. The fourth-order valence-electron chi connectivity index (χ4n) is 3.36. The minimum atomic E-state index is -0.0224. The standard InChI is InChI=1S/C23H32NO2P/c1-8-23(5,27-21-10-9-16(2)12-19(21)14-24-6)20-13-17(3)11-18(4)22(20)26-15-25-7/h9-14,27H,8,15H2,1-7H3. The number of methoxy groups -OCH3 is 1. The van der Waals surface area contributed by atoms with Crippen LogP contribution in [0.3, 0.4) is 0 Å². The predicted molar refractivity (Wildman–Crippen MR) is 119 cm³/mol. The maximum atomic E-state index is 6.01. The summed E-state index contributed by atoms with van der Waals surface area (Å²) in [5, 5.41) is 1.32. The van der Waals surface area contributed by atoms with Gasteiger partial charge in [-0.1, -0.05) is 57.8 Å². The van der Waals surface area contributed by atoms with Gasteiger partial charge in [0.25, 0.3) is 0 Å². The van der Waals surface area contributed by atoms with E-state index < -0.39 is 0 Å². The molecule has 4 heteroatoms. The molecule has 0 aliphatic heterocycles. The second-order valence-electron chi connectivity index (χ2n) is 7.30. The molecular formula is C23H32NO2P. The summed E-state index contributed by atoms with van der Waals surface area (Å²) in [4.78, 5) is 4.26. The molecule has 0 amide bonds. The molecule has 0 N–H and O–H groups in total. The monoisotopic (exact) mass is 385 g/mol. The molecule has 2 rings (SSSR count). The van der Waals surface area contributed by atoms with Crippen LogP contribution in [0, 0.1) is 20.8 Å². The molecule has 0 saturated heterocycles. The highest BCUT2D eigenvalue weighted by Crippen LogP contribution is 2.48. The van der Waals surface area contributed by atoms with Gasteiger partial charge in [0.15, 0.2) is 6.79 Å². The minimum absolute atomic E-state index is 0.0224. The van der Waals surface area contributed by atoms with Crippen LogP contribution < -0.4 is 10.0 Å². The molecular weight excluding hydrogens is 353 g/mol. The van der Waals surface area contributed by atoms with E-state index >= 15 is 0 Å². The fraction of sp³-hybridized carbons (Fsp3) is 0.435. The molecule has 0 aromatic heterocycles. The lowest BCUT2D eigenvalue weighted by Gasteiger charge is -2.32. The first-order valence-corrected chi connectivity index (χ1v) is 10.4. The summed E-state index contributed by atoms with van der Waals surface area (Å²) in [6.07, 6.45) is 2.99. The lowest BCUT2D eigenvalue weighted by atomic mass is 9.92. The van der Waals surface area contributed by atoms with Gasteiger partial charge in [0.2, 0.25) is 0 Å². The molecule has 2 aromatic carbocycles.